The van der Waals surface area contributed by atoms with Gasteiger partial charge in [0.2, 0.25) is 21.7 Å². The van der Waals surface area contributed by atoms with Crippen molar-refractivity contribution in [3.63, 3.8) is 0 Å². The second-order valence-corrected chi connectivity index (χ2v) is 8.14. The van der Waals surface area contributed by atoms with Crippen molar-refractivity contribution in [1.82, 2.24) is 9.55 Å². The summed E-state index contributed by atoms with van der Waals surface area (Å²) in [6.07, 6.45) is 1.11. The Hall–Kier alpha value is -2.88. The fourth-order valence-electron chi connectivity index (χ4n) is 2.81. The summed E-state index contributed by atoms with van der Waals surface area (Å²) < 4.78 is 32.1. The Labute approximate surface area is 155 Å². The van der Waals surface area contributed by atoms with Gasteiger partial charge in [-0.2, -0.15) is 0 Å². The van der Waals surface area contributed by atoms with E-state index in [2.05, 4.69) is 4.98 Å². The first-order valence-electron chi connectivity index (χ1n) is 8.32. The quantitative estimate of drug-likeness (QED) is 0.804. The number of carboxylic acids is 1. The van der Waals surface area contributed by atoms with Gasteiger partial charge in [-0.3, -0.25) is 9.36 Å². The van der Waals surface area contributed by atoms with Crippen molar-refractivity contribution in [1.29, 1.82) is 0 Å². The monoisotopic (exact) mass is 393 g/mol. The predicted molar refractivity (Wildman–Crippen MR) is 97.6 cm³/mol. The number of nitrogens with zero attached hydrogens (tertiary/aromatic N) is 3. The highest BCUT2D eigenvalue weighted by Gasteiger charge is 2.32. The van der Waals surface area contributed by atoms with Crippen molar-refractivity contribution in [2.24, 2.45) is 7.05 Å². The standard InChI is InChI=1S/C17H19N3O6S/c1-19-15(21)14(26-11-12-7-3-2-4-8-12)13(16(22)23)18-17(19)20-9-5-6-10-27(20,24)25/h2-4,7-8H,5-6,9-11H2,1H3,(H,22,23). The van der Waals surface area contributed by atoms with Crippen LogP contribution in [0.1, 0.15) is 28.9 Å². The van der Waals surface area contributed by atoms with Crippen molar-refractivity contribution in [2.75, 3.05) is 16.6 Å². The maximum Gasteiger partial charge on any atom is 0.358 e. The Bertz CT molecular complexity index is 1020. The number of sulfonamides is 1. The van der Waals surface area contributed by atoms with Crippen LogP contribution in [-0.2, 0) is 23.7 Å². The van der Waals surface area contributed by atoms with Gasteiger partial charge in [-0.05, 0) is 18.4 Å². The van der Waals surface area contributed by atoms with Crippen LogP contribution in [0.4, 0.5) is 5.95 Å². The zero-order valence-corrected chi connectivity index (χ0v) is 15.5. The molecule has 1 aromatic carbocycles. The lowest BCUT2D eigenvalue weighted by atomic mass is 10.2. The summed E-state index contributed by atoms with van der Waals surface area (Å²) in [5.74, 6) is -2.18. The lowest BCUT2D eigenvalue weighted by Gasteiger charge is -2.28. The van der Waals surface area contributed by atoms with E-state index in [-0.39, 0.29) is 24.9 Å². The van der Waals surface area contributed by atoms with E-state index < -0.39 is 33.0 Å². The van der Waals surface area contributed by atoms with Gasteiger partial charge in [0, 0.05) is 13.6 Å². The number of aromatic nitrogens is 2. The third kappa shape index (κ3) is 3.80. The summed E-state index contributed by atoms with van der Waals surface area (Å²) in [6, 6.07) is 8.94. The fourth-order valence-corrected chi connectivity index (χ4v) is 4.42. The number of carbonyl (C=O) groups is 1. The van der Waals surface area contributed by atoms with Gasteiger partial charge in [0.05, 0.1) is 5.75 Å². The molecule has 2 heterocycles. The minimum Gasteiger partial charge on any atom is -0.481 e. The summed E-state index contributed by atoms with van der Waals surface area (Å²) >= 11 is 0. The van der Waals surface area contributed by atoms with Gasteiger partial charge >= 0.3 is 5.97 Å². The van der Waals surface area contributed by atoms with E-state index in [9.17, 15) is 23.1 Å². The van der Waals surface area contributed by atoms with Crippen LogP contribution in [0, 0.1) is 0 Å². The van der Waals surface area contributed by atoms with Crippen LogP contribution in [0.25, 0.3) is 0 Å². The van der Waals surface area contributed by atoms with E-state index in [1.54, 1.807) is 24.3 Å². The summed E-state index contributed by atoms with van der Waals surface area (Å²) in [7, 11) is -2.31. The third-order valence-corrected chi connectivity index (χ3v) is 6.05. The molecule has 144 valence electrons. The molecule has 27 heavy (non-hydrogen) atoms. The molecule has 0 radical (unpaired) electrons. The first kappa shape index (κ1) is 18.9. The Morgan fingerprint density at radius 3 is 2.59 bits per heavy atom. The van der Waals surface area contributed by atoms with Crippen LogP contribution >= 0.6 is 0 Å². The molecular weight excluding hydrogens is 374 g/mol. The number of rotatable bonds is 5. The van der Waals surface area contributed by atoms with Crippen LogP contribution in [0.5, 0.6) is 5.75 Å². The molecule has 0 bridgehead atoms. The summed E-state index contributed by atoms with van der Waals surface area (Å²) in [4.78, 5) is 28.3. The molecule has 1 aromatic heterocycles. The van der Waals surface area contributed by atoms with E-state index in [4.69, 9.17) is 4.74 Å². The molecule has 0 unspecified atom stereocenters. The summed E-state index contributed by atoms with van der Waals surface area (Å²) in [6.45, 7) is 0.130. The molecule has 0 amide bonds. The predicted octanol–water partition coefficient (Wildman–Crippen LogP) is 0.987. The average Bonchev–Trinajstić information content (AvgIpc) is 2.63. The van der Waals surface area contributed by atoms with Gasteiger partial charge in [0.15, 0.2) is 5.69 Å². The minimum atomic E-state index is -3.65. The van der Waals surface area contributed by atoms with Crippen molar-refractivity contribution >= 4 is 21.9 Å². The zero-order valence-electron chi connectivity index (χ0n) is 14.7. The average molecular weight is 393 g/mol. The highest BCUT2D eigenvalue weighted by atomic mass is 32.2. The number of carboxylic acid groups (broad SMARTS) is 1. The molecule has 10 heteroatoms. The van der Waals surface area contributed by atoms with E-state index in [0.29, 0.717) is 12.8 Å². The van der Waals surface area contributed by atoms with Gasteiger partial charge in [-0.1, -0.05) is 30.3 Å². The largest absolute Gasteiger partial charge is 0.481 e. The van der Waals surface area contributed by atoms with Crippen LogP contribution < -0.4 is 14.6 Å². The number of aromatic carboxylic acids is 1. The Kier molecular flexibility index (Phi) is 5.17. The molecule has 0 aliphatic carbocycles. The van der Waals surface area contributed by atoms with E-state index in [1.165, 1.54) is 7.05 Å². The highest BCUT2D eigenvalue weighted by molar-refractivity contribution is 7.92. The lowest BCUT2D eigenvalue weighted by molar-refractivity contribution is 0.0684. The fraction of sp³-hybridized carbons (Fsp3) is 0.353. The van der Waals surface area contributed by atoms with Crippen LogP contribution in [0.3, 0.4) is 0 Å². The highest BCUT2D eigenvalue weighted by Crippen LogP contribution is 2.23. The minimum absolute atomic E-state index is 0.0145. The molecular formula is C17H19N3O6S. The molecule has 3 rings (SSSR count). The third-order valence-electron chi connectivity index (χ3n) is 4.23. The Morgan fingerprint density at radius 2 is 1.96 bits per heavy atom. The van der Waals surface area contributed by atoms with Gasteiger partial charge in [-0.15, -0.1) is 0 Å². The molecule has 0 saturated carbocycles. The van der Waals surface area contributed by atoms with E-state index in [0.717, 1.165) is 14.4 Å². The number of anilines is 1. The zero-order chi connectivity index (χ0) is 19.6. The van der Waals surface area contributed by atoms with Crippen molar-refractivity contribution < 1.29 is 23.1 Å². The second kappa shape index (κ2) is 7.39. The molecule has 2 aromatic rings. The normalized spacial score (nSPS) is 16.1. The molecule has 1 N–H and O–H groups in total. The Morgan fingerprint density at radius 1 is 1.26 bits per heavy atom. The SMILES string of the molecule is Cn1c(N2CCCCS2(=O)=O)nc(C(=O)O)c(OCc2ccccc2)c1=O. The molecule has 1 saturated heterocycles. The molecule has 1 aliphatic heterocycles. The van der Waals surface area contributed by atoms with Gasteiger partial charge in [0.25, 0.3) is 5.56 Å². The first-order chi connectivity index (χ1) is 12.8. The maximum absolute atomic E-state index is 12.7. The number of hydrogen-bond acceptors (Lipinski definition) is 6. The van der Waals surface area contributed by atoms with Crippen LogP contribution in [0.15, 0.2) is 35.1 Å². The number of hydrogen-bond donors (Lipinski definition) is 1. The van der Waals surface area contributed by atoms with Gasteiger partial charge < -0.3 is 9.84 Å². The summed E-state index contributed by atoms with van der Waals surface area (Å²) in [5.41, 5.74) is -0.613. The van der Waals surface area contributed by atoms with Crippen molar-refractivity contribution in [3.8, 4) is 5.75 Å². The molecule has 0 spiro atoms. The van der Waals surface area contributed by atoms with Crippen LogP contribution in [-0.4, -0.2) is 41.3 Å². The number of ether oxygens (including phenoxy) is 1. The second-order valence-electron chi connectivity index (χ2n) is 6.13. The molecule has 9 nitrogen and oxygen atoms in total. The maximum atomic E-state index is 12.7. The van der Waals surface area contributed by atoms with Gasteiger partial charge in [-0.25, -0.2) is 22.5 Å². The van der Waals surface area contributed by atoms with Crippen LogP contribution in [0.2, 0.25) is 0 Å². The summed E-state index contributed by atoms with van der Waals surface area (Å²) in [5, 5.41) is 9.47. The molecule has 0 atom stereocenters. The number of benzene rings is 1. The van der Waals surface area contributed by atoms with Crippen molar-refractivity contribution in [2.45, 2.75) is 19.4 Å². The topological polar surface area (TPSA) is 119 Å². The molecule has 1 aliphatic rings. The van der Waals surface area contributed by atoms with E-state index >= 15 is 0 Å². The van der Waals surface area contributed by atoms with Crippen molar-refractivity contribution in [3.05, 3.63) is 51.9 Å². The lowest BCUT2D eigenvalue weighted by Crippen LogP contribution is -2.42. The van der Waals surface area contributed by atoms with E-state index in [1.807, 2.05) is 6.07 Å². The van der Waals surface area contributed by atoms with Gasteiger partial charge in [0.1, 0.15) is 6.61 Å². The Balaban J connectivity index is 2.04. The first-order valence-corrected chi connectivity index (χ1v) is 9.93. The molecule has 1 fully saturated rings. The smallest absolute Gasteiger partial charge is 0.358 e.